The minimum atomic E-state index is 0.666. The Bertz CT molecular complexity index is 293. The lowest BCUT2D eigenvalue weighted by Gasteiger charge is -2.19. The van der Waals surface area contributed by atoms with Gasteiger partial charge in [0.1, 0.15) is 0 Å². The molecule has 86 valence electrons. The summed E-state index contributed by atoms with van der Waals surface area (Å²) >= 11 is 13.4. The molecule has 1 aromatic heterocycles. The second kappa shape index (κ2) is 6.74. The molecule has 0 aromatic carbocycles. The lowest BCUT2D eigenvalue weighted by Crippen LogP contribution is -2.27. The highest BCUT2D eigenvalue weighted by molar-refractivity contribution is 7.12. The predicted octanol–water partition coefficient (Wildman–Crippen LogP) is 3.64. The van der Waals surface area contributed by atoms with Crippen LogP contribution >= 0.6 is 34.5 Å². The first-order chi connectivity index (χ1) is 7.17. The van der Waals surface area contributed by atoms with Crippen molar-refractivity contribution in [1.82, 2.24) is 4.90 Å². The molecule has 0 aliphatic heterocycles. The first kappa shape index (κ1) is 13.3. The van der Waals surface area contributed by atoms with Crippen LogP contribution in [0, 0.1) is 13.8 Å². The molecule has 0 unspecified atom stereocenters. The molecule has 1 aromatic rings. The van der Waals surface area contributed by atoms with Crippen molar-refractivity contribution in [3.05, 3.63) is 21.4 Å². The number of nitrogens with zero attached hydrogens (tertiary/aromatic N) is 1. The van der Waals surface area contributed by atoms with E-state index in [1.807, 2.05) is 11.3 Å². The van der Waals surface area contributed by atoms with Crippen LogP contribution in [-0.2, 0) is 6.54 Å². The third kappa shape index (κ3) is 4.31. The normalized spacial score (nSPS) is 11.3. The van der Waals surface area contributed by atoms with Crippen LogP contribution in [0.25, 0.3) is 0 Å². The fourth-order valence-electron chi connectivity index (χ4n) is 1.59. The van der Waals surface area contributed by atoms with Crippen molar-refractivity contribution < 1.29 is 0 Å². The summed E-state index contributed by atoms with van der Waals surface area (Å²) in [6.45, 7) is 7.10. The Morgan fingerprint density at radius 3 is 2.20 bits per heavy atom. The average Bonchev–Trinajstić information content (AvgIpc) is 2.46. The summed E-state index contributed by atoms with van der Waals surface area (Å²) in [7, 11) is 0. The number of thiophene rings is 1. The standard InChI is InChI=1S/C11H17Cl2NS/c1-9-7-11(10(2)15-9)8-14(5-3-12)6-4-13/h7H,3-6,8H2,1-2H3. The highest BCUT2D eigenvalue weighted by Gasteiger charge is 2.08. The van der Waals surface area contributed by atoms with E-state index in [1.54, 1.807) is 0 Å². The molecule has 0 saturated carbocycles. The predicted molar refractivity (Wildman–Crippen MR) is 70.5 cm³/mol. The number of alkyl halides is 2. The minimum Gasteiger partial charge on any atom is -0.297 e. The smallest absolute Gasteiger partial charge is 0.0351 e. The fraction of sp³-hybridized carbons (Fsp3) is 0.636. The van der Waals surface area contributed by atoms with Crippen molar-refractivity contribution in [2.45, 2.75) is 20.4 Å². The van der Waals surface area contributed by atoms with Crippen molar-refractivity contribution in [1.29, 1.82) is 0 Å². The molecular weight excluding hydrogens is 249 g/mol. The van der Waals surface area contributed by atoms with Gasteiger partial charge in [-0.1, -0.05) is 0 Å². The van der Waals surface area contributed by atoms with Gasteiger partial charge in [-0.25, -0.2) is 0 Å². The maximum Gasteiger partial charge on any atom is 0.0351 e. The van der Waals surface area contributed by atoms with Crippen molar-refractivity contribution >= 4 is 34.5 Å². The molecular formula is C11H17Cl2NS. The van der Waals surface area contributed by atoms with Gasteiger partial charge in [0.2, 0.25) is 0 Å². The quantitative estimate of drug-likeness (QED) is 0.710. The first-order valence-corrected chi connectivity index (χ1v) is 6.96. The molecule has 0 bridgehead atoms. The number of halogens is 2. The zero-order chi connectivity index (χ0) is 11.3. The molecule has 0 amide bonds. The van der Waals surface area contributed by atoms with Crippen LogP contribution in [-0.4, -0.2) is 29.7 Å². The van der Waals surface area contributed by atoms with Gasteiger partial charge in [0.05, 0.1) is 0 Å². The molecule has 0 atom stereocenters. The summed E-state index contributed by atoms with van der Waals surface area (Å²) in [6.07, 6.45) is 0. The maximum absolute atomic E-state index is 5.76. The zero-order valence-corrected chi connectivity index (χ0v) is 11.6. The molecule has 0 saturated heterocycles. The van der Waals surface area contributed by atoms with Gasteiger partial charge in [0, 0.05) is 41.1 Å². The van der Waals surface area contributed by atoms with E-state index in [-0.39, 0.29) is 0 Å². The molecule has 15 heavy (non-hydrogen) atoms. The summed E-state index contributed by atoms with van der Waals surface area (Å²) in [5.41, 5.74) is 1.41. The van der Waals surface area contributed by atoms with Crippen LogP contribution in [0.2, 0.25) is 0 Å². The highest BCUT2D eigenvalue weighted by Crippen LogP contribution is 2.21. The Balaban J connectivity index is 2.60. The number of aryl methyl sites for hydroxylation is 2. The van der Waals surface area contributed by atoms with Gasteiger partial charge in [-0.3, -0.25) is 4.90 Å². The van der Waals surface area contributed by atoms with Crippen LogP contribution in [0.15, 0.2) is 6.07 Å². The maximum atomic E-state index is 5.76. The third-order valence-electron chi connectivity index (χ3n) is 2.34. The largest absolute Gasteiger partial charge is 0.297 e. The van der Waals surface area contributed by atoms with Crippen LogP contribution in [0.5, 0.6) is 0 Å². The SMILES string of the molecule is Cc1cc(CN(CCCl)CCCl)c(C)s1. The van der Waals surface area contributed by atoms with Gasteiger partial charge in [-0.15, -0.1) is 34.5 Å². The fourth-order valence-corrected chi connectivity index (χ4v) is 3.01. The van der Waals surface area contributed by atoms with E-state index in [1.165, 1.54) is 15.3 Å². The summed E-state index contributed by atoms with van der Waals surface area (Å²) in [5.74, 6) is 1.33. The minimum absolute atomic E-state index is 0.666. The second-order valence-electron chi connectivity index (χ2n) is 3.59. The zero-order valence-electron chi connectivity index (χ0n) is 9.22. The van der Waals surface area contributed by atoms with E-state index in [9.17, 15) is 0 Å². The molecule has 0 fully saturated rings. The second-order valence-corrected chi connectivity index (χ2v) is 5.81. The van der Waals surface area contributed by atoms with Crippen LogP contribution in [0.3, 0.4) is 0 Å². The summed E-state index contributed by atoms with van der Waals surface area (Å²) in [4.78, 5) is 5.08. The van der Waals surface area contributed by atoms with Gasteiger partial charge in [-0.2, -0.15) is 0 Å². The van der Waals surface area contributed by atoms with Crippen molar-refractivity contribution in [3.8, 4) is 0 Å². The summed E-state index contributed by atoms with van der Waals surface area (Å²) in [6, 6.07) is 2.26. The molecule has 0 N–H and O–H groups in total. The van der Waals surface area contributed by atoms with Crippen LogP contribution in [0.4, 0.5) is 0 Å². The molecule has 0 spiro atoms. The van der Waals surface area contributed by atoms with E-state index < -0.39 is 0 Å². The van der Waals surface area contributed by atoms with Crippen molar-refractivity contribution in [3.63, 3.8) is 0 Å². The highest BCUT2D eigenvalue weighted by atomic mass is 35.5. The van der Waals surface area contributed by atoms with Crippen molar-refractivity contribution in [2.75, 3.05) is 24.8 Å². The Labute approximate surface area is 106 Å². The molecule has 1 rings (SSSR count). The molecule has 0 aliphatic carbocycles. The molecule has 1 nitrogen and oxygen atoms in total. The summed E-state index contributed by atoms with van der Waals surface area (Å²) in [5, 5.41) is 0. The van der Waals surface area contributed by atoms with Gasteiger partial charge < -0.3 is 0 Å². The molecule has 0 aliphatic rings. The van der Waals surface area contributed by atoms with Crippen LogP contribution in [0.1, 0.15) is 15.3 Å². The van der Waals surface area contributed by atoms with Gasteiger partial charge in [0.25, 0.3) is 0 Å². The molecule has 1 heterocycles. The topological polar surface area (TPSA) is 3.24 Å². The van der Waals surface area contributed by atoms with E-state index in [0.717, 1.165) is 19.6 Å². The van der Waals surface area contributed by atoms with Gasteiger partial charge >= 0.3 is 0 Å². The number of rotatable bonds is 6. The lowest BCUT2D eigenvalue weighted by atomic mass is 10.2. The monoisotopic (exact) mass is 265 g/mol. The van der Waals surface area contributed by atoms with Crippen LogP contribution < -0.4 is 0 Å². The van der Waals surface area contributed by atoms with E-state index >= 15 is 0 Å². The van der Waals surface area contributed by atoms with E-state index in [0.29, 0.717) is 11.8 Å². The van der Waals surface area contributed by atoms with Gasteiger partial charge in [-0.05, 0) is 25.5 Å². The molecule has 0 radical (unpaired) electrons. The number of hydrogen-bond acceptors (Lipinski definition) is 2. The lowest BCUT2D eigenvalue weighted by molar-refractivity contribution is 0.299. The number of hydrogen-bond donors (Lipinski definition) is 0. The van der Waals surface area contributed by atoms with Crippen molar-refractivity contribution in [2.24, 2.45) is 0 Å². The molecule has 4 heteroatoms. The van der Waals surface area contributed by atoms with E-state index in [2.05, 4.69) is 24.8 Å². The Kier molecular flexibility index (Phi) is 5.98. The first-order valence-electron chi connectivity index (χ1n) is 5.07. The average molecular weight is 266 g/mol. The van der Waals surface area contributed by atoms with Gasteiger partial charge in [0.15, 0.2) is 0 Å². The Hall–Kier alpha value is 0.240. The Morgan fingerprint density at radius 2 is 1.80 bits per heavy atom. The van der Waals surface area contributed by atoms with E-state index in [4.69, 9.17) is 23.2 Å². The third-order valence-corrected chi connectivity index (χ3v) is 3.69. The summed E-state index contributed by atoms with van der Waals surface area (Å²) < 4.78 is 0. The Morgan fingerprint density at radius 1 is 1.20 bits per heavy atom.